The van der Waals surface area contributed by atoms with Crippen molar-refractivity contribution in [1.82, 2.24) is 0 Å². The zero-order chi connectivity index (χ0) is 38.1. The molecule has 1 aliphatic carbocycles. The van der Waals surface area contributed by atoms with Crippen LogP contribution < -0.4 is 4.90 Å². The van der Waals surface area contributed by atoms with Crippen molar-refractivity contribution in [2.75, 3.05) is 4.90 Å². The largest absolute Gasteiger partial charge is 0.455 e. The highest BCUT2D eigenvalue weighted by atomic mass is 16.3. The number of fused-ring (bicyclic) bond motifs is 7. The standard InChI is InChI=1S/C55H39NO/c1-55(2)50-21-10-8-17-46(50)47-32-30-43(35-51(47)55)56(42-28-25-38(26-29-42)45-19-12-20-49-48-18-9-11-22-53(48)57-54(45)49)52-34-41(27-31-44(52)37-14-4-3-5-15-37)40-24-23-36-13-6-7-16-39(36)33-40/h3-35H,1-2H3. The zero-order valence-corrected chi connectivity index (χ0v) is 31.9. The van der Waals surface area contributed by atoms with E-state index in [-0.39, 0.29) is 5.41 Å². The molecule has 0 saturated heterocycles. The number of hydrogen-bond acceptors (Lipinski definition) is 2. The molecule has 2 nitrogen and oxygen atoms in total. The molecule has 11 rings (SSSR count). The maximum absolute atomic E-state index is 6.48. The summed E-state index contributed by atoms with van der Waals surface area (Å²) in [5.74, 6) is 0. The van der Waals surface area contributed by atoms with Gasteiger partial charge in [-0.25, -0.2) is 0 Å². The summed E-state index contributed by atoms with van der Waals surface area (Å²) in [7, 11) is 0. The maximum atomic E-state index is 6.48. The molecule has 0 bridgehead atoms. The van der Waals surface area contributed by atoms with E-state index in [1.54, 1.807) is 0 Å². The summed E-state index contributed by atoms with van der Waals surface area (Å²) in [4.78, 5) is 2.46. The van der Waals surface area contributed by atoms with E-state index in [9.17, 15) is 0 Å². The van der Waals surface area contributed by atoms with Gasteiger partial charge in [0, 0.05) is 38.7 Å². The zero-order valence-electron chi connectivity index (χ0n) is 31.9. The number of rotatable bonds is 6. The van der Waals surface area contributed by atoms with Crippen LogP contribution in [0.4, 0.5) is 17.1 Å². The Labute approximate surface area is 332 Å². The lowest BCUT2D eigenvalue weighted by atomic mass is 9.82. The molecular formula is C55H39NO. The van der Waals surface area contributed by atoms with E-state index in [0.717, 1.165) is 50.1 Å². The van der Waals surface area contributed by atoms with E-state index in [1.165, 1.54) is 55.3 Å². The molecule has 0 aliphatic heterocycles. The van der Waals surface area contributed by atoms with Gasteiger partial charge in [-0.1, -0.05) is 172 Å². The quantitative estimate of drug-likeness (QED) is 0.169. The van der Waals surface area contributed by atoms with Gasteiger partial charge in [0.1, 0.15) is 11.2 Å². The molecule has 0 saturated carbocycles. The van der Waals surface area contributed by atoms with Crippen molar-refractivity contribution >= 4 is 49.8 Å². The fourth-order valence-electron chi connectivity index (χ4n) is 9.15. The van der Waals surface area contributed by atoms with Gasteiger partial charge in [-0.05, 0) is 97.7 Å². The average Bonchev–Trinajstić information content (AvgIpc) is 3.76. The number of anilines is 3. The molecule has 0 unspecified atom stereocenters. The lowest BCUT2D eigenvalue weighted by Crippen LogP contribution is -2.17. The third-order valence-electron chi connectivity index (χ3n) is 12.1. The van der Waals surface area contributed by atoms with Crippen molar-refractivity contribution in [3.05, 3.63) is 211 Å². The summed E-state index contributed by atoms with van der Waals surface area (Å²) in [5, 5.41) is 4.74. The van der Waals surface area contributed by atoms with Gasteiger partial charge in [0.15, 0.2) is 0 Å². The highest BCUT2D eigenvalue weighted by Crippen LogP contribution is 2.52. The number of furan rings is 1. The van der Waals surface area contributed by atoms with Crippen LogP contribution in [0.25, 0.3) is 77.2 Å². The molecule has 57 heavy (non-hydrogen) atoms. The van der Waals surface area contributed by atoms with Crippen LogP contribution in [0.5, 0.6) is 0 Å². The number of nitrogens with zero attached hydrogens (tertiary/aromatic N) is 1. The minimum Gasteiger partial charge on any atom is -0.455 e. The molecule has 0 N–H and O–H groups in total. The molecule has 1 heterocycles. The first-order chi connectivity index (χ1) is 28.0. The van der Waals surface area contributed by atoms with Gasteiger partial charge in [-0.3, -0.25) is 0 Å². The Bertz CT molecular complexity index is 3150. The molecule has 1 aliphatic rings. The number of benzene rings is 9. The van der Waals surface area contributed by atoms with Gasteiger partial charge in [0.25, 0.3) is 0 Å². The van der Waals surface area contributed by atoms with Crippen LogP contribution >= 0.6 is 0 Å². The SMILES string of the molecule is CC1(C)c2ccccc2-c2ccc(N(c3ccc(-c4cccc5c4oc4ccccc45)cc3)c3cc(-c4ccc5ccccc5c4)ccc3-c3ccccc3)cc21. The van der Waals surface area contributed by atoms with Gasteiger partial charge in [-0.15, -0.1) is 0 Å². The number of hydrogen-bond donors (Lipinski definition) is 0. The molecule has 9 aromatic carbocycles. The van der Waals surface area contributed by atoms with Crippen LogP contribution in [0.3, 0.4) is 0 Å². The fourth-order valence-corrected chi connectivity index (χ4v) is 9.15. The third-order valence-corrected chi connectivity index (χ3v) is 12.1. The van der Waals surface area contributed by atoms with Gasteiger partial charge in [0.2, 0.25) is 0 Å². The van der Waals surface area contributed by atoms with Crippen molar-refractivity contribution in [2.24, 2.45) is 0 Å². The molecule has 0 fully saturated rings. The Morgan fingerprint density at radius 2 is 1.00 bits per heavy atom. The van der Waals surface area contributed by atoms with Crippen LogP contribution in [0.1, 0.15) is 25.0 Å². The first-order valence-electron chi connectivity index (χ1n) is 19.8. The molecule has 270 valence electrons. The molecule has 1 aromatic heterocycles. The summed E-state index contributed by atoms with van der Waals surface area (Å²) in [6.07, 6.45) is 0. The van der Waals surface area contributed by atoms with Crippen molar-refractivity contribution in [3.63, 3.8) is 0 Å². The van der Waals surface area contributed by atoms with Crippen molar-refractivity contribution in [3.8, 4) is 44.5 Å². The minimum atomic E-state index is -0.141. The predicted molar refractivity (Wildman–Crippen MR) is 240 cm³/mol. The van der Waals surface area contributed by atoms with E-state index in [1.807, 2.05) is 12.1 Å². The summed E-state index contributed by atoms with van der Waals surface area (Å²) in [6.45, 7) is 4.71. The van der Waals surface area contributed by atoms with Gasteiger partial charge in [0.05, 0.1) is 5.69 Å². The Hall–Kier alpha value is -7.16. The van der Waals surface area contributed by atoms with Gasteiger partial charge >= 0.3 is 0 Å². The second-order valence-corrected chi connectivity index (χ2v) is 15.7. The topological polar surface area (TPSA) is 16.4 Å². The van der Waals surface area contributed by atoms with E-state index >= 15 is 0 Å². The second-order valence-electron chi connectivity index (χ2n) is 15.7. The second kappa shape index (κ2) is 13.0. The molecule has 0 spiro atoms. The smallest absolute Gasteiger partial charge is 0.143 e. The summed E-state index contributed by atoms with van der Waals surface area (Å²) < 4.78 is 6.48. The van der Waals surface area contributed by atoms with Crippen molar-refractivity contribution in [1.29, 1.82) is 0 Å². The highest BCUT2D eigenvalue weighted by molar-refractivity contribution is 6.09. The molecule has 10 aromatic rings. The Balaban J connectivity index is 1.12. The fraction of sp³-hybridized carbons (Fsp3) is 0.0545. The Morgan fingerprint density at radius 1 is 0.386 bits per heavy atom. The molecule has 0 atom stereocenters. The van der Waals surface area contributed by atoms with E-state index in [2.05, 4.69) is 207 Å². The molecule has 0 radical (unpaired) electrons. The normalized spacial score (nSPS) is 12.9. The maximum Gasteiger partial charge on any atom is 0.143 e. The Kier molecular flexibility index (Phi) is 7.55. The van der Waals surface area contributed by atoms with Crippen molar-refractivity contribution in [2.45, 2.75) is 19.3 Å². The van der Waals surface area contributed by atoms with Crippen molar-refractivity contribution < 1.29 is 4.42 Å². The first kappa shape index (κ1) is 33.2. The minimum absolute atomic E-state index is 0.141. The first-order valence-corrected chi connectivity index (χ1v) is 19.8. The van der Waals surface area contributed by atoms with E-state index in [0.29, 0.717) is 0 Å². The third kappa shape index (κ3) is 5.40. The van der Waals surface area contributed by atoms with Crippen LogP contribution in [0.2, 0.25) is 0 Å². The van der Waals surface area contributed by atoms with Crippen LogP contribution in [-0.4, -0.2) is 0 Å². The van der Waals surface area contributed by atoms with E-state index in [4.69, 9.17) is 4.42 Å². The van der Waals surface area contributed by atoms with E-state index < -0.39 is 0 Å². The molecular weight excluding hydrogens is 691 g/mol. The van der Waals surface area contributed by atoms with Gasteiger partial charge < -0.3 is 9.32 Å². The van der Waals surface area contributed by atoms with Crippen LogP contribution in [0.15, 0.2) is 205 Å². The highest BCUT2D eigenvalue weighted by Gasteiger charge is 2.36. The summed E-state index contributed by atoms with van der Waals surface area (Å²) in [5.41, 5.74) is 17.2. The van der Waals surface area contributed by atoms with Gasteiger partial charge in [-0.2, -0.15) is 0 Å². The average molecular weight is 730 g/mol. The lowest BCUT2D eigenvalue weighted by Gasteiger charge is -2.30. The molecule has 0 amide bonds. The molecule has 2 heteroatoms. The Morgan fingerprint density at radius 3 is 1.88 bits per heavy atom. The monoisotopic (exact) mass is 729 g/mol. The number of para-hydroxylation sites is 2. The lowest BCUT2D eigenvalue weighted by molar-refractivity contribution is 0.660. The summed E-state index contributed by atoms with van der Waals surface area (Å²) in [6, 6.07) is 72.8. The predicted octanol–water partition coefficient (Wildman–Crippen LogP) is 15.5. The van der Waals surface area contributed by atoms with Crippen LogP contribution in [0, 0.1) is 0 Å². The summed E-state index contributed by atoms with van der Waals surface area (Å²) >= 11 is 0. The van der Waals surface area contributed by atoms with Crippen LogP contribution in [-0.2, 0) is 5.41 Å².